The highest BCUT2D eigenvalue weighted by atomic mass is 79.9. The second-order valence-corrected chi connectivity index (χ2v) is 7.32. The summed E-state index contributed by atoms with van der Waals surface area (Å²) in [5.41, 5.74) is 0. The average Bonchev–Trinajstić information content (AvgIpc) is 2.51. The Bertz CT molecular complexity index is 353. The fraction of sp³-hybridized carbons (Fsp3) is 0.714. The summed E-state index contributed by atoms with van der Waals surface area (Å²) in [5, 5.41) is 10.3. The number of hydrogen-bond acceptors (Lipinski definition) is 2. The van der Waals surface area contributed by atoms with Gasteiger partial charge in [-0.05, 0) is 41.3 Å². The monoisotopic (exact) mass is 316 g/mol. The Balaban J connectivity index is 1.95. The van der Waals surface area contributed by atoms with Crippen molar-refractivity contribution in [3.8, 4) is 0 Å². The Morgan fingerprint density at radius 3 is 2.53 bits per heavy atom. The van der Waals surface area contributed by atoms with Gasteiger partial charge in [-0.3, -0.25) is 0 Å². The summed E-state index contributed by atoms with van der Waals surface area (Å²) in [6.45, 7) is 2.09. The molecule has 17 heavy (non-hydrogen) atoms. The standard InChI is InChI=1S/C14H21BrOS/c1-10-8-12(15)14(17-10)13(16)9-11-6-4-2-3-5-7-11/h8,11,13,16H,2-7,9H2,1H3. The molecule has 0 saturated heterocycles. The van der Waals surface area contributed by atoms with E-state index in [9.17, 15) is 5.11 Å². The highest BCUT2D eigenvalue weighted by Crippen LogP contribution is 2.37. The fourth-order valence-corrected chi connectivity index (χ4v) is 4.67. The molecule has 3 heteroatoms. The van der Waals surface area contributed by atoms with Crippen molar-refractivity contribution >= 4 is 27.3 Å². The molecule has 0 bridgehead atoms. The van der Waals surface area contributed by atoms with Crippen molar-refractivity contribution in [3.05, 3.63) is 20.3 Å². The maximum atomic E-state index is 10.3. The average molecular weight is 317 g/mol. The summed E-state index contributed by atoms with van der Waals surface area (Å²) in [6, 6.07) is 2.11. The van der Waals surface area contributed by atoms with Crippen molar-refractivity contribution in [1.29, 1.82) is 0 Å². The molecule has 2 rings (SSSR count). The molecule has 96 valence electrons. The van der Waals surface area contributed by atoms with Crippen LogP contribution in [-0.4, -0.2) is 5.11 Å². The van der Waals surface area contributed by atoms with Crippen molar-refractivity contribution in [2.45, 2.75) is 58.0 Å². The predicted molar refractivity (Wildman–Crippen MR) is 77.5 cm³/mol. The summed E-state index contributed by atoms with van der Waals surface area (Å²) in [5.74, 6) is 0.724. The van der Waals surface area contributed by atoms with Gasteiger partial charge in [-0.1, -0.05) is 38.5 Å². The van der Waals surface area contributed by atoms with Crippen LogP contribution in [0.1, 0.15) is 60.8 Å². The second kappa shape index (κ2) is 6.35. The van der Waals surface area contributed by atoms with Gasteiger partial charge in [0.25, 0.3) is 0 Å². The number of rotatable bonds is 3. The Morgan fingerprint density at radius 1 is 1.35 bits per heavy atom. The summed E-state index contributed by atoms with van der Waals surface area (Å²) in [7, 11) is 0. The summed E-state index contributed by atoms with van der Waals surface area (Å²) >= 11 is 5.27. The van der Waals surface area contributed by atoms with Crippen LogP contribution in [0.5, 0.6) is 0 Å². The minimum Gasteiger partial charge on any atom is -0.388 e. The Labute approximate surface area is 116 Å². The number of halogens is 1. The van der Waals surface area contributed by atoms with Gasteiger partial charge in [0.15, 0.2) is 0 Å². The van der Waals surface area contributed by atoms with Crippen LogP contribution in [-0.2, 0) is 0 Å². The Kier molecular flexibility index (Phi) is 5.07. The van der Waals surface area contributed by atoms with Gasteiger partial charge in [-0.25, -0.2) is 0 Å². The van der Waals surface area contributed by atoms with Gasteiger partial charge in [0, 0.05) is 14.2 Å². The maximum absolute atomic E-state index is 10.3. The van der Waals surface area contributed by atoms with E-state index < -0.39 is 0 Å². The van der Waals surface area contributed by atoms with E-state index in [1.807, 2.05) is 0 Å². The molecule has 1 N–H and O–H groups in total. The van der Waals surface area contributed by atoms with Crippen molar-refractivity contribution in [1.82, 2.24) is 0 Å². The molecule has 1 nitrogen and oxygen atoms in total. The van der Waals surface area contributed by atoms with Crippen LogP contribution >= 0.6 is 27.3 Å². The third kappa shape index (κ3) is 3.80. The molecule has 1 aromatic rings. The molecule has 1 aliphatic carbocycles. The summed E-state index contributed by atoms with van der Waals surface area (Å²) in [4.78, 5) is 2.39. The number of aliphatic hydroxyl groups is 1. The lowest BCUT2D eigenvalue weighted by molar-refractivity contribution is 0.142. The largest absolute Gasteiger partial charge is 0.388 e. The number of hydrogen-bond donors (Lipinski definition) is 1. The fourth-order valence-electron chi connectivity index (χ4n) is 2.75. The van der Waals surface area contributed by atoms with Crippen LogP contribution in [0.4, 0.5) is 0 Å². The van der Waals surface area contributed by atoms with Crippen molar-refractivity contribution in [2.75, 3.05) is 0 Å². The predicted octanol–water partition coefficient (Wildman–Crippen LogP) is 5.21. The number of thiophene rings is 1. The molecule has 1 aromatic heterocycles. The van der Waals surface area contributed by atoms with Crippen molar-refractivity contribution in [3.63, 3.8) is 0 Å². The molecule has 1 heterocycles. The van der Waals surface area contributed by atoms with E-state index in [2.05, 4.69) is 28.9 Å². The highest BCUT2D eigenvalue weighted by molar-refractivity contribution is 9.10. The zero-order valence-corrected chi connectivity index (χ0v) is 12.8. The molecular weight excluding hydrogens is 296 g/mol. The van der Waals surface area contributed by atoms with E-state index in [0.29, 0.717) is 0 Å². The van der Waals surface area contributed by atoms with Gasteiger partial charge in [-0.2, -0.15) is 0 Å². The molecule has 1 aliphatic rings. The maximum Gasteiger partial charge on any atom is 0.0896 e. The van der Waals surface area contributed by atoms with Crippen molar-refractivity contribution < 1.29 is 5.11 Å². The van der Waals surface area contributed by atoms with Gasteiger partial charge >= 0.3 is 0 Å². The van der Waals surface area contributed by atoms with Crippen LogP contribution in [0.15, 0.2) is 10.5 Å². The first-order chi connectivity index (χ1) is 8.16. The van der Waals surface area contributed by atoms with E-state index in [1.165, 1.54) is 43.4 Å². The quantitative estimate of drug-likeness (QED) is 0.759. The lowest BCUT2D eigenvalue weighted by atomic mass is 9.93. The van der Waals surface area contributed by atoms with E-state index in [0.717, 1.165) is 21.7 Å². The minimum atomic E-state index is -0.272. The SMILES string of the molecule is Cc1cc(Br)c(C(O)CC2CCCCCC2)s1. The van der Waals surface area contributed by atoms with Gasteiger partial charge in [0.1, 0.15) is 0 Å². The number of aryl methyl sites for hydroxylation is 1. The number of aliphatic hydroxyl groups excluding tert-OH is 1. The molecule has 0 aromatic carbocycles. The molecule has 0 aliphatic heterocycles. The zero-order valence-electron chi connectivity index (χ0n) is 10.4. The highest BCUT2D eigenvalue weighted by Gasteiger charge is 2.20. The molecule has 1 atom stereocenters. The molecule has 0 amide bonds. The van der Waals surface area contributed by atoms with Gasteiger partial charge < -0.3 is 5.11 Å². The third-order valence-electron chi connectivity index (χ3n) is 3.67. The van der Waals surface area contributed by atoms with E-state index in [4.69, 9.17) is 0 Å². The van der Waals surface area contributed by atoms with Gasteiger partial charge in [-0.15, -0.1) is 11.3 Å². The molecule has 0 radical (unpaired) electrons. The van der Waals surface area contributed by atoms with E-state index >= 15 is 0 Å². The minimum absolute atomic E-state index is 0.272. The summed E-state index contributed by atoms with van der Waals surface area (Å²) < 4.78 is 1.08. The van der Waals surface area contributed by atoms with E-state index in [-0.39, 0.29) is 6.10 Å². The second-order valence-electron chi connectivity index (χ2n) is 5.18. The Morgan fingerprint density at radius 2 is 2.00 bits per heavy atom. The van der Waals surface area contributed by atoms with Crippen LogP contribution in [0.3, 0.4) is 0 Å². The molecular formula is C14H21BrOS. The molecule has 0 spiro atoms. The molecule has 1 unspecified atom stereocenters. The van der Waals surface area contributed by atoms with Gasteiger partial charge in [0.2, 0.25) is 0 Å². The normalized spacial score (nSPS) is 20.2. The third-order valence-corrected chi connectivity index (χ3v) is 5.74. The zero-order chi connectivity index (χ0) is 12.3. The lowest BCUT2D eigenvalue weighted by Crippen LogP contribution is -2.06. The van der Waals surface area contributed by atoms with Gasteiger partial charge in [0.05, 0.1) is 6.10 Å². The smallest absolute Gasteiger partial charge is 0.0896 e. The van der Waals surface area contributed by atoms with Crippen molar-refractivity contribution in [2.24, 2.45) is 5.92 Å². The lowest BCUT2D eigenvalue weighted by Gasteiger charge is -2.18. The Hall–Kier alpha value is 0.140. The molecule has 1 fully saturated rings. The van der Waals surface area contributed by atoms with Crippen LogP contribution < -0.4 is 0 Å². The first-order valence-corrected chi connectivity index (χ1v) is 8.21. The molecule has 1 saturated carbocycles. The summed E-state index contributed by atoms with van der Waals surface area (Å²) in [6.07, 6.45) is 8.75. The van der Waals surface area contributed by atoms with Crippen LogP contribution in [0.2, 0.25) is 0 Å². The first kappa shape index (κ1) is 13.6. The first-order valence-electron chi connectivity index (χ1n) is 6.60. The van der Waals surface area contributed by atoms with Crippen LogP contribution in [0, 0.1) is 12.8 Å². The van der Waals surface area contributed by atoms with Crippen LogP contribution in [0.25, 0.3) is 0 Å². The topological polar surface area (TPSA) is 20.2 Å². The van der Waals surface area contributed by atoms with E-state index in [1.54, 1.807) is 11.3 Å².